The van der Waals surface area contributed by atoms with Crippen LogP contribution >= 0.6 is 34.8 Å². The summed E-state index contributed by atoms with van der Waals surface area (Å²) in [5.74, 6) is -0.347. The minimum atomic E-state index is -3.46. The molecule has 0 aromatic heterocycles. The first kappa shape index (κ1) is 19.8. The Morgan fingerprint density at radius 3 is 2.36 bits per heavy atom. The molecule has 0 aliphatic rings. The van der Waals surface area contributed by atoms with Crippen LogP contribution in [0.2, 0.25) is 15.1 Å². The molecule has 0 radical (unpaired) electrons. The summed E-state index contributed by atoms with van der Waals surface area (Å²) in [6.07, 6.45) is 1.04. The van der Waals surface area contributed by atoms with Crippen LogP contribution in [0.3, 0.4) is 0 Å². The molecule has 0 aliphatic heterocycles. The van der Waals surface area contributed by atoms with Crippen LogP contribution < -0.4 is 4.74 Å². The smallest absolute Gasteiger partial charge is 0.339 e. The third kappa shape index (κ3) is 5.51. The molecule has 0 heterocycles. The van der Waals surface area contributed by atoms with E-state index in [4.69, 9.17) is 44.3 Å². The highest BCUT2D eigenvalue weighted by molar-refractivity contribution is 7.90. The van der Waals surface area contributed by atoms with Crippen LogP contribution in [0.15, 0.2) is 41.3 Å². The van der Waals surface area contributed by atoms with E-state index in [0.29, 0.717) is 15.8 Å². The second-order valence-corrected chi connectivity index (χ2v) is 8.24. The lowest BCUT2D eigenvalue weighted by Gasteiger charge is -2.10. The Labute approximate surface area is 160 Å². The number of sulfone groups is 1. The van der Waals surface area contributed by atoms with Crippen LogP contribution in [0, 0.1) is 0 Å². The summed E-state index contributed by atoms with van der Waals surface area (Å²) in [5.41, 5.74) is -0.0332. The summed E-state index contributed by atoms with van der Waals surface area (Å²) >= 11 is 17.7. The molecule has 5 nitrogen and oxygen atoms in total. The van der Waals surface area contributed by atoms with Gasteiger partial charge in [-0.15, -0.1) is 0 Å². The minimum Gasteiger partial charge on any atom is -0.488 e. The van der Waals surface area contributed by atoms with Gasteiger partial charge in [0.2, 0.25) is 0 Å². The lowest BCUT2D eigenvalue weighted by molar-refractivity contribution is 0.0450. The largest absolute Gasteiger partial charge is 0.488 e. The van der Waals surface area contributed by atoms with E-state index in [1.54, 1.807) is 12.1 Å². The highest BCUT2D eigenvalue weighted by Gasteiger charge is 2.16. The van der Waals surface area contributed by atoms with E-state index < -0.39 is 15.8 Å². The van der Waals surface area contributed by atoms with Crippen LogP contribution in [0.1, 0.15) is 10.4 Å². The number of hydrogen-bond donors (Lipinski definition) is 0. The number of ether oxygens (including phenoxy) is 2. The molecule has 0 unspecified atom stereocenters. The van der Waals surface area contributed by atoms with Gasteiger partial charge in [-0.3, -0.25) is 0 Å². The molecule has 0 saturated heterocycles. The summed E-state index contributed by atoms with van der Waals surface area (Å²) in [6.45, 7) is -0.0201. The fourth-order valence-corrected chi connectivity index (χ4v) is 3.15. The average molecular weight is 424 g/mol. The maximum Gasteiger partial charge on any atom is 0.339 e. The van der Waals surface area contributed by atoms with E-state index in [-0.39, 0.29) is 28.7 Å². The quantitative estimate of drug-likeness (QED) is 0.512. The van der Waals surface area contributed by atoms with Gasteiger partial charge in [0.05, 0.1) is 20.5 Å². The van der Waals surface area contributed by atoms with E-state index in [9.17, 15) is 13.2 Å². The van der Waals surface area contributed by atoms with Crippen molar-refractivity contribution < 1.29 is 22.7 Å². The lowest BCUT2D eigenvalue weighted by atomic mass is 10.2. The Morgan fingerprint density at radius 1 is 1.00 bits per heavy atom. The number of rotatable bonds is 6. The van der Waals surface area contributed by atoms with Crippen molar-refractivity contribution >= 4 is 50.6 Å². The predicted octanol–water partition coefficient (Wildman–Crippen LogP) is 4.29. The summed E-state index contributed by atoms with van der Waals surface area (Å²) in [6, 6.07) is 8.57. The Bertz CT molecular complexity index is 897. The van der Waals surface area contributed by atoms with E-state index in [2.05, 4.69) is 0 Å². The molecule has 134 valence electrons. The van der Waals surface area contributed by atoms with Crippen molar-refractivity contribution in [3.63, 3.8) is 0 Å². The first-order valence-corrected chi connectivity index (χ1v) is 9.95. The minimum absolute atomic E-state index is 0.0203. The zero-order valence-corrected chi connectivity index (χ0v) is 16.0. The Morgan fingerprint density at radius 2 is 1.72 bits per heavy atom. The van der Waals surface area contributed by atoms with E-state index in [1.165, 1.54) is 24.3 Å². The van der Waals surface area contributed by atoms with Gasteiger partial charge in [-0.2, -0.15) is 0 Å². The maximum atomic E-state index is 12.1. The van der Waals surface area contributed by atoms with Crippen LogP contribution in [0.4, 0.5) is 0 Å². The van der Waals surface area contributed by atoms with Crippen LogP contribution in [0.25, 0.3) is 0 Å². The molecule has 0 atom stereocenters. The Kier molecular flexibility index (Phi) is 6.57. The Hall–Kier alpha value is -1.47. The summed E-state index contributed by atoms with van der Waals surface area (Å²) in [7, 11) is -3.46. The summed E-state index contributed by atoms with van der Waals surface area (Å²) < 4.78 is 33.5. The molecule has 0 bridgehead atoms. The van der Waals surface area contributed by atoms with Crippen molar-refractivity contribution in [3.8, 4) is 5.75 Å². The van der Waals surface area contributed by atoms with Gasteiger partial charge >= 0.3 is 5.97 Å². The standard InChI is InChI=1S/C16H13Cl3O5S/c1-25(21,22)11-3-4-13(18)12(9-11)16(20)24-7-6-23-15-5-2-10(17)8-14(15)19/h2-5,8-9H,6-7H2,1H3. The first-order chi connectivity index (χ1) is 11.7. The molecule has 0 aliphatic carbocycles. The predicted molar refractivity (Wildman–Crippen MR) is 96.8 cm³/mol. The van der Waals surface area contributed by atoms with E-state index >= 15 is 0 Å². The van der Waals surface area contributed by atoms with Crippen molar-refractivity contribution in [3.05, 3.63) is 57.0 Å². The first-order valence-electron chi connectivity index (χ1n) is 6.93. The summed E-state index contributed by atoms with van der Waals surface area (Å²) in [4.78, 5) is 12.0. The summed E-state index contributed by atoms with van der Waals surface area (Å²) in [5, 5.41) is 0.908. The third-order valence-electron chi connectivity index (χ3n) is 3.05. The topological polar surface area (TPSA) is 69.7 Å². The molecule has 0 saturated carbocycles. The second kappa shape index (κ2) is 8.27. The van der Waals surface area contributed by atoms with Gasteiger partial charge in [0.25, 0.3) is 0 Å². The van der Waals surface area contributed by atoms with Crippen LogP contribution in [-0.2, 0) is 14.6 Å². The van der Waals surface area contributed by atoms with Gasteiger partial charge < -0.3 is 9.47 Å². The number of hydrogen-bond acceptors (Lipinski definition) is 5. The van der Waals surface area contributed by atoms with Crippen LogP contribution in [-0.4, -0.2) is 33.9 Å². The van der Waals surface area contributed by atoms with Crippen molar-refractivity contribution in [2.45, 2.75) is 4.90 Å². The van der Waals surface area contributed by atoms with Crippen molar-refractivity contribution in [1.82, 2.24) is 0 Å². The van der Waals surface area contributed by atoms with Gasteiger partial charge in [0.1, 0.15) is 19.0 Å². The zero-order valence-electron chi connectivity index (χ0n) is 13.0. The lowest BCUT2D eigenvalue weighted by Crippen LogP contribution is -2.13. The third-order valence-corrected chi connectivity index (χ3v) is 5.02. The molecule has 25 heavy (non-hydrogen) atoms. The fraction of sp³-hybridized carbons (Fsp3) is 0.188. The average Bonchev–Trinajstić information content (AvgIpc) is 2.52. The maximum absolute atomic E-state index is 12.1. The molecule has 2 aromatic rings. The highest BCUT2D eigenvalue weighted by Crippen LogP contribution is 2.27. The van der Waals surface area contributed by atoms with Gasteiger partial charge in [0.15, 0.2) is 9.84 Å². The normalized spacial score (nSPS) is 11.2. The molecule has 0 spiro atoms. The van der Waals surface area contributed by atoms with E-state index in [0.717, 1.165) is 6.26 Å². The number of halogens is 3. The molecule has 0 amide bonds. The van der Waals surface area contributed by atoms with Crippen molar-refractivity contribution in [2.24, 2.45) is 0 Å². The van der Waals surface area contributed by atoms with Crippen LogP contribution in [0.5, 0.6) is 5.75 Å². The fourth-order valence-electron chi connectivity index (χ4n) is 1.85. The monoisotopic (exact) mass is 422 g/mol. The van der Waals surface area contributed by atoms with Crippen molar-refractivity contribution in [1.29, 1.82) is 0 Å². The number of carbonyl (C=O) groups is 1. The van der Waals surface area contributed by atoms with Crippen molar-refractivity contribution in [2.75, 3.05) is 19.5 Å². The number of benzene rings is 2. The molecular formula is C16H13Cl3O5S. The molecule has 2 rings (SSSR count). The molecular weight excluding hydrogens is 411 g/mol. The van der Waals surface area contributed by atoms with Gasteiger partial charge in [-0.05, 0) is 36.4 Å². The molecule has 9 heteroatoms. The molecule has 0 N–H and O–H groups in total. The molecule has 2 aromatic carbocycles. The molecule has 0 fully saturated rings. The second-order valence-electron chi connectivity index (χ2n) is 4.97. The number of esters is 1. The SMILES string of the molecule is CS(=O)(=O)c1ccc(Cl)c(C(=O)OCCOc2ccc(Cl)cc2Cl)c1. The number of carbonyl (C=O) groups excluding carboxylic acids is 1. The van der Waals surface area contributed by atoms with Gasteiger partial charge in [-0.1, -0.05) is 34.8 Å². The van der Waals surface area contributed by atoms with E-state index in [1.807, 2.05) is 0 Å². The highest BCUT2D eigenvalue weighted by atomic mass is 35.5. The van der Waals surface area contributed by atoms with Gasteiger partial charge in [-0.25, -0.2) is 13.2 Å². The Balaban J connectivity index is 1.96. The zero-order chi connectivity index (χ0) is 18.6. The van der Waals surface area contributed by atoms with Gasteiger partial charge in [0, 0.05) is 11.3 Å².